The molecule has 96 valence electrons. The molecule has 0 aliphatic heterocycles. The summed E-state index contributed by atoms with van der Waals surface area (Å²) in [5, 5.41) is 15.0. The molecule has 1 aromatic carbocycles. The molecule has 1 N–H and O–H groups in total. The van der Waals surface area contributed by atoms with Crippen LogP contribution in [0.5, 0.6) is 0 Å². The first kappa shape index (κ1) is 12.7. The molecule has 0 aliphatic carbocycles. The van der Waals surface area contributed by atoms with Crippen molar-refractivity contribution in [1.29, 1.82) is 0 Å². The van der Waals surface area contributed by atoms with Crippen LogP contribution >= 0.6 is 0 Å². The first-order valence-corrected chi connectivity index (χ1v) is 6.31. The maximum absolute atomic E-state index is 4.06. The zero-order chi connectivity index (χ0) is 13.0. The van der Waals surface area contributed by atoms with E-state index in [1.54, 1.807) is 4.68 Å². The molecule has 0 spiro atoms. The molecular formula is C13H19N5. The number of benzene rings is 1. The van der Waals surface area contributed by atoms with E-state index in [-0.39, 0.29) is 6.04 Å². The first-order valence-electron chi connectivity index (χ1n) is 6.31. The Morgan fingerprint density at radius 1 is 1.28 bits per heavy atom. The maximum atomic E-state index is 4.06. The van der Waals surface area contributed by atoms with E-state index in [2.05, 4.69) is 52.0 Å². The summed E-state index contributed by atoms with van der Waals surface area (Å²) in [4.78, 5) is 0. The minimum absolute atomic E-state index is 0.121. The first-order chi connectivity index (χ1) is 8.76. The Morgan fingerprint density at radius 2 is 2.00 bits per heavy atom. The number of hydrogen-bond acceptors (Lipinski definition) is 4. The normalized spacial score (nSPS) is 12.6. The fourth-order valence-corrected chi connectivity index (χ4v) is 1.87. The third kappa shape index (κ3) is 2.56. The predicted octanol–water partition coefficient (Wildman–Crippen LogP) is 1.90. The van der Waals surface area contributed by atoms with E-state index >= 15 is 0 Å². The average Bonchev–Trinajstić information content (AvgIpc) is 2.88. The molecule has 0 saturated heterocycles. The van der Waals surface area contributed by atoms with Crippen LogP contribution in [0.1, 0.15) is 37.7 Å². The Labute approximate surface area is 107 Å². The van der Waals surface area contributed by atoms with Gasteiger partial charge in [-0.2, -0.15) is 4.68 Å². The smallest absolute Gasteiger partial charge is 0.173 e. The summed E-state index contributed by atoms with van der Waals surface area (Å²) in [7, 11) is 1.90. The topological polar surface area (TPSA) is 55.6 Å². The Hall–Kier alpha value is -1.75. The SMILES string of the molecule is CCCc1ccc(-n2nnnc2C(C)NC)cc1. The summed E-state index contributed by atoms with van der Waals surface area (Å²) < 4.78 is 1.77. The second-order valence-electron chi connectivity index (χ2n) is 4.38. The second-order valence-corrected chi connectivity index (χ2v) is 4.38. The van der Waals surface area contributed by atoms with Crippen molar-refractivity contribution < 1.29 is 0 Å². The van der Waals surface area contributed by atoms with E-state index in [1.165, 1.54) is 5.56 Å². The summed E-state index contributed by atoms with van der Waals surface area (Å²) in [6.45, 7) is 4.22. The molecule has 0 amide bonds. The Kier molecular flexibility index (Phi) is 4.04. The van der Waals surface area contributed by atoms with Gasteiger partial charge < -0.3 is 5.32 Å². The van der Waals surface area contributed by atoms with Gasteiger partial charge in [0, 0.05) is 0 Å². The molecule has 1 aromatic heterocycles. The fourth-order valence-electron chi connectivity index (χ4n) is 1.87. The lowest BCUT2D eigenvalue weighted by Gasteiger charge is -2.10. The molecule has 1 heterocycles. The minimum atomic E-state index is 0.121. The van der Waals surface area contributed by atoms with Crippen molar-refractivity contribution >= 4 is 0 Å². The summed E-state index contributed by atoms with van der Waals surface area (Å²) in [6.07, 6.45) is 2.27. The number of nitrogens with one attached hydrogen (secondary N) is 1. The highest BCUT2D eigenvalue weighted by Gasteiger charge is 2.13. The van der Waals surface area contributed by atoms with Crippen LogP contribution in [0, 0.1) is 0 Å². The van der Waals surface area contributed by atoms with Gasteiger partial charge in [-0.25, -0.2) is 0 Å². The lowest BCUT2D eigenvalue weighted by Crippen LogP contribution is -2.17. The van der Waals surface area contributed by atoms with Gasteiger partial charge >= 0.3 is 0 Å². The van der Waals surface area contributed by atoms with Crippen LogP contribution in [-0.4, -0.2) is 27.3 Å². The Morgan fingerprint density at radius 3 is 2.61 bits per heavy atom. The number of rotatable bonds is 5. The summed E-state index contributed by atoms with van der Waals surface area (Å²) in [5.41, 5.74) is 2.34. The van der Waals surface area contributed by atoms with E-state index in [9.17, 15) is 0 Å². The standard InChI is InChI=1S/C13H19N5/c1-4-5-11-6-8-12(9-7-11)18-13(10(2)14-3)15-16-17-18/h6-10,14H,4-5H2,1-3H3. The van der Waals surface area contributed by atoms with Crippen LogP contribution in [0.15, 0.2) is 24.3 Å². The molecule has 2 aromatic rings. The van der Waals surface area contributed by atoms with Crippen molar-refractivity contribution in [3.8, 4) is 5.69 Å². The van der Waals surface area contributed by atoms with Crippen LogP contribution in [0.25, 0.3) is 5.69 Å². The molecule has 0 aliphatic rings. The second kappa shape index (κ2) is 5.73. The molecule has 0 bridgehead atoms. The van der Waals surface area contributed by atoms with Gasteiger partial charge in [0.25, 0.3) is 0 Å². The molecule has 1 atom stereocenters. The highest BCUT2D eigenvalue weighted by atomic mass is 15.5. The number of aromatic nitrogens is 4. The van der Waals surface area contributed by atoms with Crippen LogP contribution < -0.4 is 5.32 Å². The van der Waals surface area contributed by atoms with Gasteiger partial charge in [-0.05, 0) is 48.5 Å². The van der Waals surface area contributed by atoms with Crippen LogP contribution in [0.4, 0.5) is 0 Å². The van der Waals surface area contributed by atoms with Crippen molar-refractivity contribution in [3.63, 3.8) is 0 Å². The van der Waals surface area contributed by atoms with E-state index < -0.39 is 0 Å². The lowest BCUT2D eigenvalue weighted by molar-refractivity contribution is 0.588. The average molecular weight is 245 g/mol. The largest absolute Gasteiger partial charge is 0.311 e. The fraction of sp³-hybridized carbons (Fsp3) is 0.462. The maximum Gasteiger partial charge on any atom is 0.173 e. The van der Waals surface area contributed by atoms with Crippen LogP contribution in [-0.2, 0) is 6.42 Å². The van der Waals surface area contributed by atoms with Gasteiger partial charge in [-0.15, -0.1) is 5.10 Å². The highest BCUT2D eigenvalue weighted by Crippen LogP contribution is 2.14. The van der Waals surface area contributed by atoms with E-state index in [1.807, 2.05) is 14.0 Å². The van der Waals surface area contributed by atoms with Crippen molar-refractivity contribution in [2.24, 2.45) is 0 Å². The minimum Gasteiger partial charge on any atom is -0.311 e. The van der Waals surface area contributed by atoms with Crippen molar-refractivity contribution in [2.45, 2.75) is 32.7 Å². The summed E-state index contributed by atoms with van der Waals surface area (Å²) in [5.74, 6) is 0.820. The molecule has 5 heteroatoms. The third-order valence-electron chi connectivity index (χ3n) is 3.03. The Balaban J connectivity index is 2.28. The van der Waals surface area contributed by atoms with E-state index in [4.69, 9.17) is 0 Å². The van der Waals surface area contributed by atoms with Gasteiger partial charge in [-0.1, -0.05) is 25.5 Å². The molecule has 5 nitrogen and oxygen atoms in total. The lowest BCUT2D eigenvalue weighted by atomic mass is 10.1. The molecule has 0 saturated carbocycles. The zero-order valence-electron chi connectivity index (χ0n) is 11.1. The van der Waals surface area contributed by atoms with Gasteiger partial charge in [-0.3, -0.25) is 0 Å². The van der Waals surface area contributed by atoms with Crippen molar-refractivity contribution in [3.05, 3.63) is 35.7 Å². The van der Waals surface area contributed by atoms with E-state index in [0.29, 0.717) is 0 Å². The highest BCUT2D eigenvalue weighted by molar-refractivity contribution is 5.34. The van der Waals surface area contributed by atoms with Crippen LogP contribution in [0.3, 0.4) is 0 Å². The Bertz CT molecular complexity index is 488. The monoisotopic (exact) mass is 245 g/mol. The molecular weight excluding hydrogens is 226 g/mol. The van der Waals surface area contributed by atoms with Gasteiger partial charge in [0.2, 0.25) is 0 Å². The quantitative estimate of drug-likeness (QED) is 0.874. The van der Waals surface area contributed by atoms with Gasteiger partial charge in [0.1, 0.15) is 0 Å². The summed E-state index contributed by atoms with van der Waals surface area (Å²) in [6, 6.07) is 8.51. The number of hydrogen-bond donors (Lipinski definition) is 1. The van der Waals surface area contributed by atoms with Crippen molar-refractivity contribution in [2.75, 3.05) is 7.05 Å². The van der Waals surface area contributed by atoms with E-state index in [0.717, 1.165) is 24.4 Å². The molecule has 0 fully saturated rings. The predicted molar refractivity (Wildman–Crippen MR) is 70.6 cm³/mol. The number of aryl methyl sites for hydroxylation is 1. The number of nitrogens with zero attached hydrogens (tertiary/aromatic N) is 4. The summed E-state index contributed by atoms with van der Waals surface area (Å²) >= 11 is 0. The third-order valence-corrected chi connectivity index (χ3v) is 3.03. The zero-order valence-corrected chi connectivity index (χ0v) is 11.1. The van der Waals surface area contributed by atoms with Gasteiger partial charge in [0.15, 0.2) is 5.82 Å². The molecule has 1 unspecified atom stereocenters. The molecule has 2 rings (SSSR count). The van der Waals surface area contributed by atoms with Crippen molar-refractivity contribution in [1.82, 2.24) is 25.5 Å². The van der Waals surface area contributed by atoms with Gasteiger partial charge in [0.05, 0.1) is 11.7 Å². The van der Waals surface area contributed by atoms with Crippen LogP contribution in [0.2, 0.25) is 0 Å². The molecule has 18 heavy (non-hydrogen) atoms. The number of tetrazole rings is 1. The molecule has 0 radical (unpaired) electrons.